The Morgan fingerprint density at radius 2 is 2.15 bits per heavy atom. The van der Waals surface area contributed by atoms with Crippen molar-refractivity contribution in [2.45, 2.75) is 26.3 Å². The first-order valence-corrected chi connectivity index (χ1v) is 8.71. The number of hydrogen-bond donors (Lipinski definition) is 1. The minimum atomic E-state index is -0.126. The predicted octanol–water partition coefficient (Wildman–Crippen LogP) is 2.07. The molecule has 0 spiro atoms. The van der Waals surface area contributed by atoms with Gasteiger partial charge in [-0.15, -0.1) is 0 Å². The minimum absolute atomic E-state index is 0.0412. The third-order valence-corrected chi connectivity index (χ3v) is 4.63. The van der Waals surface area contributed by atoms with Crippen LogP contribution >= 0.6 is 0 Å². The maximum Gasteiger partial charge on any atom is 0.245 e. The summed E-state index contributed by atoms with van der Waals surface area (Å²) in [7, 11) is 0. The number of nitrogens with one attached hydrogen (secondary N) is 1. The zero-order valence-electron chi connectivity index (χ0n) is 14.9. The number of aromatic amines is 1. The highest BCUT2D eigenvalue weighted by molar-refractivity contribution is 5.95. The first-order valence-electron chi connectivity index (χ1n) is 8.71. The second-order valence-electron chi connectivity index (χ2n) is 6.48. The van der Waals surface area contributed by atoms with Gasteiger partial charge in [-0.3, -0.25) is 14.6 Å². The van der Waals surface area contributed by atoms with Crippen molar-refractivity contribution >= 4 is 17.5 Å². The van der Waals surface area contributed by atoms with Crippen LogP contribution in [0.5, 0.6) is 0 Å². The smallest absolute Gasteiger partial charge is 0.245 e. The van der Waals surface area contributed by atoms with E-state index in [0.717, 1.165) is 17.1 Å². The lowest BCUT2D eigenvalue weighted by Crippen LogP contribution is -2.44. The molecule has 1 saturated heterocycles. The van der Waals surface area contributed by atoms with Crippen LogP contribution in [0.15, 0.2) is 43.5 Å². The largest absolute Gasteiger partial charge is 0.347 e. The Balaban J connectivity index is 1.77. The summed E-state index contributed by atoms with van der Waals surface area (Å²) in [4.78, 5) is 39.9. The fourth-order valence-electron chi connectivity index (χ4n) is 3.21. The number of aromatic nitrogens is 3. The topological polar surface area (TPSA) is 82.2 Å². The van der Waals surface area contributed by atoms with Gasteiger partial charge in [0.2, 0.25) is 11.8 Å². The molecule has 1 aliphatic heterocycles. The first kappa shape index (κ1) is 17.8. The van der Waals surface area contributed by atoms with Crippen molar-refractivity contribution in [2.75, 3.05) is 18.0 Å². The molecule has 2 aromatic heterocycles. The quantitative estimate of drug-likeness (QED) is 0.834. The van der Waals surface area contributed by atoms with Crippen molar-refractivity contribution < 1.29 is 9.59 Å². The van der Waals surface area contributed by atoms with Gasteiger partial charge in [0.25, 0.3) is 0 Å². The number of likely N-dealkylation sites (tertiary alicyclic amines) is 1. The second-order valence-corrected chi connectivity index (χ2v) is 6.48. The monoisotopic (exact) mass is 353 g/mol. The Morgan fingerprint density at radius 3 is 2.77 bits per heavy atom. The molecule has 2 amide bonds. The van der Waals surface area contributed by atoms with Crippen molar-refractivity contribution in [2.24, 2.45) is 5.92 Å². The highest BCUT2D eigenvalue weighted by atomic mass is 16.2. The molecule has 0 aromatic carbocycles. The Kier molecular flexibility index (Phi) is 5.46. The van der Waals surface area contributed by atoms with Gasteiger partial charge in [-0.05, 0) is 37.5 Å². The first-order chi connectivity index (χ1) is 12.6. The average Bonchev–Trinajstić information content (AvgIpc) is 3.18. The molecule has 7 nitrogen and oxygen atoms in total. The Morgan fingerprint density at radius 1 is 1.38 bits per heavy atom. The average molecular weight is 353 g/mol. The van der Waals surface area contributed by atoms with E-state index in [1.54, 1.807) is 34.6 Å². The van der Waals surface area contributed by atoms with Crippen molar-refractivity contribution in [1.29, 1.82) is 0 Å². The Labute approximate surface area is 152 Å². The fraction of sp³-hybridized carbons (Fsp3) is 0.368. The van der Waals surface area contributed by atoms with Gasteiger partial charge >= 0.3 is 0 Å². The molecular weight excluding hydrogens is 330 g/mol. The minimum Gasteiger partial charge on any atom is -0.347 e. The molecule has 1 aliphatic rings. The summed E-state index contributed by atoms with van der Waals surface area (Å²) >= 11 is 0. The van der Waals surface area contributed by atoms with Crippen LogP contribution in [0.1, 0.15) is 24.2 Å². The zero-order valence-corrected chi connectivity index (χ0v) is 14.9. The Hall–Kier alpha value is -2.96. The molecule has 1 fully saturated rings. The third-order valence-electron chi connectivity index (χ3n) is 4.63. The van der Waals surface area contributed by atoms with Gasteiger partial charge in [0.1, 0.15) is 5.82 Å². The number of pyridine rings is 1. The summed E-state index contributed by atoms with van der Waals surface area (Å²) in [6, 6.07) is 1.95. The van der Waals surface area contributed by atoms with Crippen molar-refractivity contribution in [3.05, 3.63) is 54.9 Å². The van der Waals surface area contributed by atoms with Crippen molar-refractivity contribution in [3.63, 3.8) is 0 Å². The van der Waals surface area contributed by atoms with E-state index in [1.807, 2.05) is 13.0 Å². The molecule has 0 unspecified atom stereocenters. The Bertz CT molecular complexity index is 779. The van der Waals surface area contributed by atoms with Crippen LogP contribution in [0.3, 0.4) is 0 Å². The van der Waals surface area contributed by atoms with Crippen LogP contribution in [0.25, 0.3) is 0 Å². The molecule has 0 aliphatic carbocycles. The lowest BCUT2D eigenvalue weighted by atomic mass is 9.95. The molecule has 3 heterocycles. The van der Waals surface area contributed by atoms with Gasteiger partial charge in [-0.2, -0.15) is 0 Å². The number of carbonyl (C=O) groups excluding carboxylic acids is 2. The number of H-pyrrole nitrogens is 1. The molecule has 0 saturated carbocycles. The summed E-state index contributed by atoms with van der Waals surface area (Å²) in [5, 5.41) is 0. The molecule has 26 heavy (non-hydrogen) atoms. The molecular formula is C19H23N5O2. The van der Waals surface area contributed by atoms with Gasteiger partial charge in [-0.25, -0.2) is 4.98 Å². The van der Waals surface area contributed by atoms with Gasteiger partial charge in [0, 0.05) is 37.6 Å². The summed E-state index contributed by atoms with van der Waals surface area (Å²) in [5.74, 6) is 0.559. The maximum atomic E-state index is 13.2. The van der Waals surface area contributed by atoms with Crippen molar-refractivity contribution in [3.8, 4) is 0 Å². The van der Waals surface area contributed by atoms with Crippen molar-refractivity contribution in [1.82, 2.24) is 19.9 Å². The van der Waals surface area contributed by atoms with E-state index in [9.17, 15) is 9.59 Å². The number of anilines is 1. The summed E-state index contributed by atoms with van der Waals surface area (Å²) in [6.07, 6.45) is 9.49. The highest BCUT2D eigenvalue weighted by Crippen LogP contribution is 2.25. The van der Waals surface area contributed by atoms with E-state index in [1.165, 1.54) is 6.08 Å². The number of imidazole rings is 1. The van der Waals surface area contributed by atoms with Gasteiger partial charge in [0.05, 0.1) is 18.4 Å². The molecule has 0 radical (unpaired) electrons. The third kappa shape index (κ3) is 3.99. The number of carbonyl (C=O) groups is 2. The second kappa shape index (κ2) is 7.95. The van der Waals surface area contributed by atoms with Gasteiger partial charge in [0.15, 0.2) is 0 Å². The molecule has 7 heteroatoms. The zero-order chi connectivity index (χ0) is 18.5. The summed E-state index contributed by atoms with van der Waals surface area (Å²) in [6.45, 7) is 6.98. The van der Waals surface area contributed by atoms with Crippen LogP contribution in [0, 0.1) is 12.8 Å². The number of amides is 2. The fourth-order valence-corrected chi connectivity index (χ4v) is 3.21. The number of piperidine rings is 1. The van der Waals surface area contributed by atoms with E-state index >= 15 is 0 Å². The van der Waals surface area contributed by atoms with Crippen LogP contribution in [-0.2, 0) is 16.1 Å². The van der Waals surface area contributed by atoms with E-state index in [-0.39, 0.29) is 17.7 Å². The summed E-state index contributed by atoms with van der Waals surface area (Å²) < 4.78 is 0. The number of nitrogens with zero attached hydrogens (tertiary/aromatic N) is 4. The van der Waals surface area contributed by atoms with Crippen LogP contribution in [-0.4, -0.2) is 44.8 Å². The SMILES string of the molecule is C=CC(=O)N1CCC(C(=O)N(Cc2ncc[nH]2)c2cncc(C)c2)CC1. The van der Waals surface area contributed by atoms with E-state index in [2.05, 4.69) is 21.5 Å². The standard InChI is InChI=1S/C19H23N5O2/c1-3-18(25)23-8-4-15(5-9-23)19(26)24(13-17-21-6-7-22-17)16-10-14(2)11-20-12-16/h3,6-7,10-12,15H,1,4-5,8-9,13H2,2H3,(H,21,22). The lowest BCUT2D eigenvalue weighted by Gasteiger charge is -2.33. The van der Waals surface area contributed by atoms with Gasteiger partial charge < -0.3 is 14.8 Å². The predicted molar refractivity (Wildman–Crippen MR) is 98.3 cm³/mol. The highest BCUT2D eigenvalue weighted by Gasteiger charge is 2.31. The number of rotatable bonds is 5. The lowest BCUT2D eigenvalue weighted by molar-refractivity contribution is -0.131. The molecule has 3 rings (SSSR count). The van der Waals surface area contributed by atoms with Crippen LogP contribution < -0.4 is 4.90 Å². The van der Waals surface area contributed by atoms with E-state index in [4.69, 9.17) is 0 Å². The molecule has 2 aromatic rings. The summed E-state index contributed by atoms with van der Waals surface area (Å²) in [5.41, 5.74) is 1.75. The number of hydrogen-bond acceptors (Lipinski definition) is 4. The molecule has 0 atom stereocenters. The van der Waals surface area contributed by atoms with E-state index in [0.29, 0.717) is 32.5 Å². The van der Waals surface area contributed by atoms with Crippen LogP contribution in [0.4, 0.5) is 5.69 Å². The van der Waals surface area contributed by atoms with Crippen LogP contribution in [0.2, 0.25) is 0 Å². The number of aryl methyl sites for hydroxylation is 1. The molecule has 0 bridgehead atoms. The van der Waals surface area contributed by atoms with Gasteiger partial charge in [-0.1, -0.05) is 6.58 Å². The maximum absolute atomic E-state index is 13.2. The molecule has 1 N–H and O–H groups in total. The molecule has 136 valence electrons. The van der Waals surface area contributed by atoms with E-state index < -0.39 is 0 Å². The normalized spacial score (nSPS) is 14.9.